The van der Waals surface area contributed by atoms with Crippen LogP contribution in [0.1, 0.15) is 309 Å². The Morgan fingerprint density at radius 2 is 0.720 bits per heavy atom. The maximum Gasteiger partial charge on any atom is 0.361 e. The van der Waals surface area contributed by atoms with Gasteiger partial charge in [-0.2, -0.15) is 0 Å². The van der Waals surface area contributed by atoms with E-state index in [0.717, 1.165) is 57.8 Å². The fourth-order valence-electron chi connectivity index (χ4n) is 9.44. The highest BCUT2D eigenvalue weighted by atomic mass is 16.7. The van der Waals surface area contributed by atoms with Gasteiger partial charge >= 0.3 is 17.9 Å². The van der Waals surface area contributed by atoms with E-state index in [4.69, 9.17) is 18.9 Å². The minimum Gasteiger partial charge on any atom is -0.477 e. The number of hydrogen-bond acceptors (Lipinski definition) is 7. The van der Waals surface area contributed by atoms with Crippen LogP contribution in [0.4, 0.5) is 0 Å². The molecule has 0 radical (unpaired) electrons. The predicted molar refractivity (Wildman–Crippen MR) is 318 cm³/mol. The number of carbonyl (C=O) groups excluding carboxylic acids is 2. The van der Waals surface area contributed by atoms with Gasteiger partial charge in [-0.15, -0.1) is 0 Å². The molecule has 0 saturated heterocycles. The minimum absolute atomic E-state index is 0.179. The lowest BCUT2D eigenvalue weighted by Crippen LogP contribution is -2.40. The van der Waals surface area contributed by atoms with E-state index < -0.39 is 24.3 Å². The van der Waals surface area contributed by atoms with Crippen LogP contribution >= 0.6 is 0 Å². The van der Waals surface area contributed by atoms with Crippen molar-refractivity contribution in [2.45, 2.75) is 322 Å². The molecule has 0 aliphatic heterocycles. The standard InChI is InChI=1S/C66H123NO8/c1-6-8-10-12-14-16-18-20-22-24-26-28-30-32-34-36-38-40-42-44-46-48-50-52-54-56-63(68)73-60-62(61-74-66(65(70)71)72-59-58-67(3,4)5)75-64(69)57-55-53-51-49-47-45-43-41-39-37-35-33-31-29-27-25-23-21-19-17-15-13-11-9-7-2/h19,21,25,27,31,33,62,66H,6-18,20,22-24,26,28-30,32,34-61H2,1-5H3/p+1/b21-19-,27-25-,33-31-. The molecule has 0 aromatic carbocycles. The van der Waals surface area contributed by atoms with Gasteiger partial charge in [0, 0.05) is 12.8 Å². The van der Waals surface area contributed by atoms with Gasteiger partial charge in [-0.05, 0) is 51.4 Å². The molecule has 0 heterocycles. The summed E-state index contributed by atoms with van der Waals surface area (Å²) in [6.45, 7) is 4.92. The quantitative estimate of drug-likeness (QED) is 0.0211. The maximum absolute atomic E-state index is 12.9. The van der Waals surface area contributed by atoms with Crippen LogP contribution in [0.25, 0.3) is 0 Å². The molecule has 75 heavy (non-hydrogen) atoms. The summed E-state index contributed by atoms with van der Waals surface area (Å²) < 4.78 is 23.0. The fourth-order valence-corrected chi connectivity index (χ4v) is 9.44. The molecule has 0 spiro atoms. The molecule has 0 aliphatic carbocycles. The highest BCUT2D eigenvalue weighted by Gasteiger charge is 2.25. The molecule has 0 aromatic heterocycles. The molecule has 9 heteroatoms. The zero-order valence-corrected chi connectivity index (χ0v) is 50.2. The van der Waals surface area contributed by atoms with Gasteiger partial charge in [-0.25, -0.2) is 4.79 Å². The third kappa shape index (κ3) is 59.0. The highest BCUT2D eigenvalue weighted by molar-refractivity contribution is 5.71. The Kier molecular flexibility index (Phi) is 55.8. The van der Waals surface area contributed by atoms with Crippen molar-refractivity contribution in [1.82, 2.24) is 0 Å². The van der Waals surface area contributed by atoms with Crippen LogP contribution in [0.2, 0.25) is 0 Å². The van der Waals surface area contributed by atoms with Crippen molar-refractivity contribution < 1.29 is 42.9 Å². The number of quaternary nitrogens is 1. The van der Waals surface area contributed by atoms with Gasteiger partial charge in [-0.3, -0.25) is 9.59 Å². The van der Waals surface area contributed by atoms with Gasteiger partial charge in [0.15, 0.2) is 6.10 Å². The zero-order valence-electron chi connectivity index (χ0n) is 50.2. The second-order valence-electron chi connectivity index (χ2n) is 23.1. The summed E-state index contributed by atoms with van der Waals surface area (Å²) >= 11 is 0. The Balaban J connectivity index is 4.16. The van der Waals surface area contributed by atoms with Crippen molar-refractivity contribution >= 4 is 17.9 Å². The largest absolute Gasteiger partial charge is 0.477 e. The molecule has 0 amide bonds. The van der Waals surface area contributed by atoms with Crippen LogP contribution in [0, 0.1) is 0 Å². The van der Waals surface area contributed by atoms with E-state index in [1.807, 2.05) is 21.1 Å². The zero-order chi connectivity index (χ0) is 54.8. The molecule has 2 unspecified atom stereocenters. The number of rotatable bonds is 60. The van der Waals surface area contributed by atoms with Crippen LogP contribution in [0.5, 0.6) is 0 Å². The van der Waals surface area contributed by atoms with Crippen molar-refractivity contribution in [1.29, 1.82) is 0 Å². The molecule has 0 aliphatic rings. The molecule has 0 fully saturated rings. The number of carbonyl (C=O) groups is 3. The molecular weight excluding hydrogens is 935 g/mol. The molecule has 0 rings (SSSR count). The average Bonchev–Trinajstić information content (AvgIpc) is 3.38. The number of carboxylic acid groups (broad SMARTS) is 1. The smallest absolute Gasteiger partial charge is 0.361 e. The number of aliphatic carboxylic acids is 1. The topological polar surface area (TPSA) is 108 Å². The SMILES string of the molecule is CCCCCCC/C=C\C/C=C\C/C=C\CCCCCCCCCCCCC(=O)OC(COC(=O)CCCCCCCCCCCCCCCCCCCCCCCCCCC)COC(OCC[N+](C)(C)C)C(=O)O. The Morgan fingerprint density at radius 1 is 0.400 bits per heavy atom. The summed E-state index contributed by atoms with van der Waals surface area (Å²) in [5.74, 6) is -1.99. The summed E-state index contributed by atoms with van der Waals surface area (Å²) in [5, 5.41) is 9.72. The first-order chi connectivity index (χ1) is 36.6. The molecular formula is C66H124NO8+. The Labute approximate surface area is 464 Å². The van der Waals surface area contributed by atoms with Crippen LogP contribution in [0.15, 0.2) is 36.5 Å². The molecule has 1 N–H and O–H groups in total. The maximum atomic E-state index is 12.9. The molecule has 0 aromatic rings. The third-order valence-corrected chi connectivity index (χ3v) is 14.4. The Morgan fingerprint density at radius 3 is 1.07 bits per heavy atom. The van der Waals surface area contributed by atoms with E-state index in [2.05, 4.69) is 50.3 Å². The normalized spacial score (nSPS) is 12.9. The lowest BCUT2D eigenvalue weighted by atomic mass is 10.0. The number of likely N-dealkylation sites (N-methyl/N-ethyl adjacent to an activating group) is 1. The predicted octanol–water partition coefficient (Wildman–Crippen LogP) is 19.2. The van der Waals surface area contributed by atoms with E-state index in [9.17, 15) is 19.5 Å². The average molecular weight is 1060 g/mol. The number of unbranched alkanes of at least 4 members (excludes halogenated alkanes) is 39. The van der Waals surface area contributed by atoms with Crippen LogP contribution < -0.4 is 0 Å². The van der Waals surface area contributed by atoms with Crippen LogP contribution in [-0.2, 0) is 33.3 Å². The number of ether oxygens (including phenoxy) is 4. The summed E-state index contributed by atoms with van der Waals surface area (Å²) in [7, 11) is 5.98. The summed E-state index contributed by atoms with van der Waals surface area (Å²) in [4.78, 5) is 37.5. The second-order valence-corrected chi connectivity index (χ2v) is 23.1. The highest BCUT2D eigenvalue weighted by Crippen LogP contribution is 2.18. The number of allylic oxidation sites excluding steroid dienone is 6. The monoisotopic (exact) mass is 1060 g/mol. The number of carboxylic acids is 1. The lowest BCUT2D eigenvalue weighted by molar-refractivity contribution is -0.870. The first-order valence-electron chi connectivity index (χ1n) is 32.2. The summed E-state index contributed by atoms with van der Waals surface area (Å²) in [6.07, 6.45) is 68.1. The Hall–Kier alpha value is -2.49. The van der Waals surface area contributed by atoms with Gasteiger partial charge in [-0.1, -0.05) is 281 Å². The second kappa shape index (κ2) is 57.7. The molecule has 2 atom stereocenters. The van der Waals surface area contributed by atoms with E-state index in [1.165, 1.54) is 225 Å². The third-order valence-electron chi connectivity index (χ3n) is 14.4. The van der Waals surface area contributed by atoms with Gasteiger partial charge in [0.1, 0.15) is 13.2 Å². The first-order valence-corrected chi connectivity index (χ1v) is 32.2. The van der Waals surface area contributed by atoms with Crippen LogP contribution in [0.3, 0.4) is 0 Å². The van der Waals surface area contributed by atoms with Crippen molar-refractivity contribution in [2.75, 3.05) is 47.5 Å². The van der Waals surface area contributed by atoms with Crippen LogP contribution in [-0.4, -0.2) is 87.4 Å². The van der Waals surface area contributed by atoms with Gasteiger partial charge in [0.25, 0.3) is 6.29 Å². The summed E-state index contributed by atoms with van der Waals surface area (Å²) in [5.41, 5.74) is 0. The number of esters is 2. The van der Waals surface area contributed by atoms with Crippen molar-refractivity contribution in [3.8, 4) is 0 Å². The van der Waals surface area contributed by atoms with E-state index in [1.54, 1.807) is 0 Å². The first kappa shape index (κ1) is 72.5. The molecule has 9 nitrogen and oxygen atoms in total. The minimum atomic E-state index is -1.51. The summed E-state index contributed by atoms with van der Waals surface area (Å²) in [6, 6.07) is 0. The lowest BCUT2D eigenvalue weighted by Gasteiger charge is -2.25. The van der Waals surface area contributed by atoms with E-state index in [-0.39, 0.29) is 32.2 Å². The molecule has 440 valence electrons. The molecule has 0 saturated carbocycles. The number of nitrogens with zero attached hydrogens (tertiary/aromatic N) is 1. The van der Waals surface area contributed by atoms with Crippen molar-refractivity contribution in [2.24, 2.45) is 0 Å². The van der Waals surface area contributed by atoms with Gasteiger partial charge in [0.05, 0.1) is 34.4 Å². The number of hydrogen-bond donors (Lipinski definition) is 1. The van der Waals surface area contributed by atoms with Crippen molar-refractivity contribution in [3.05, 3.63) is 36.5 Å². The van der Waals surface area contributed by atoms with E-state index >= 15 is 0 Å². The van der Waals surface area contributed by atoms with Gasteiger partial charge in [0.2, 0.25) is 0 Å². The fraction of sp³-hybridized carbons (Fsp3) is 0.864. The Bertz CT molecular complexity index is 1320. The van der Waals surface area contributed by atoms with Gasteiger partial charge < -0.3 is 28.5 Å². The van der Waals surface area contributed by atoms with Crippen molar-refractivity contribution in [3.63, 3.8) is 0 Å². The van der Waals surface area contributed by atoms with E-state index in [0.29, 0.717) is 17.4 Å². The molecule has 0 bridgehead atoms.